The van der Waals surface area contributed by atoms with Gasteiger partial charge in [-0.05, 0) is 43.4 Å². The first-order chi connectivity index (χ1) is 6.80. The summed E-state index contributed by atoms with van der Waals surface area (Å²) < 4.78 is 10.2. The van der Waals surface area contributed by atoms with Gasteiger partial charge < -0.3 is 9.47 Å². The Hall–Kier alpha value is -0.570. The van der Waals surface area contributed by atoms with Gasteiger partial charge in [-0.15, -0.1) is 0 Å². The molecule has 0 aromatic heterocycles. The third kappa shape index (κ3) is 1.54. The summed E-state index contributed by atoms with van der Waals surface area (Å²) in [5.41, 5.74) is 0.400. The molecule has 3 unspecified atom stereocenters. The van der Waals surface area contributed by atoms with Crippen LogP contribution in [0.15, 0.2) is 0 Å². The summed E-state index contributed by atoms with van der Waals surface area (Å²) in [5, 5.41) is 0. The second-order valence-electron chi connectivity index (χ2n) is 4.60. The van der Waals surface area contributed by atoms with Gasteiger partial charge in [-0.3, -0.25) is 4.79 Å². The van der Waals surface area contributed by atoms with Gasteiger partial charge in [0.15, 0.2) is 6.79 Å². The van der Waals surface area contributed by atoms with Gasteiger partial charge in [-0.2, -0.15) is 0 Å². The molecule has 3 heteroatoms. The highest BCUT2D eigenvalue weighted by molar-refractivity contribution is 5.36. The average Bonchev–Trinajstić information content (AvgIpc) is 2.76. The lowest BCUT2D eigenvalue weighted by molar-refractivity contribution is -0.153. The molecule has 2 bridgehead atoms. The molecule has 2 aliphatic rings. The zero-order chi connectivity index (χ0) is 10.0. The van der Waals surface area contributed by atoms with Crippen LogP contribution in [0.2, 0.25) is 0 Å². The highest BCUT2D eigenvalue weighted by atomic mass is 16.7. The van der Waals surface area contributed by atoms with Crippen molar-refractivity contribution in [1.82, 2.24) is 0 Å². The molecule has 80 valence electrons. The zero-order valence-corrected chi connectivity index (χ0v) is 8.70. The summed E-state index contributed by atoms with van der Waals surface area (Å²) in [7, 11) is 0. The van der Waals surface area contributed by atoms with Gasteiger partial charge >= 0.3 is 0 Å². The quantitative estimate of drug-likeness (QED) is 0.385. The number of carbonyl (C=O) groups excluding carboxylic acids is 1. The van der Waals surface area contributed by atoms with E-state index in [4.69, 9.17) is 4.74 Å². The van der Waals surface area contributed by atoms with E-state index in [1.54, 1.807) is 0 Å². The Kier molecular flexibility index (Phi) is 2.77. The van der Waals surface area contributed by atoms with Crippen LogP contribution in [-0.2, 0) is 14.3 Å². The van der Waals surface area contributed by atoms with Crippen molar-refractivity contribution in [2.24, 2.45) is 11.3 Å². The maximum absolute atomic E-state index is 9.99. The number of carbonyl (C=O) groups is 1. The second kappa shape index (κ2) is 3.89. The molecule has 14 heavy (non-hydrogen) atoms. The van der Waals surface area contributed by atoms with Crippen molar-refractivity contribution in [3.8, 4) is 0 Å². The van der Waals surface area contributed by atoms with E-state index in [0.717, 1.165) is 12.3 Å². The summed E-state index contributed by atoms with van der Waals surface area (Å²) in [6, 6.07) is 0. The van der Waals surface area contributed by atoms with Crippen molar-refractivity contribution in [2.75, 3.05) is 6.79 Å². The third-order valence-corrected chi connectivity index (χ3v) is 4.09. The van der Waals surface area contributed by atoms with Gasteiger partial charge in [-0.25, -0.2) is 0 Å². The number of ether oxygens (including phenoxy) is 2. The third-order valence-electron chi connectivity index (χ3n) is 4.09. The molecule has 0 N–H and O–H groups in total. The minimum atomic E-state index is 0.128. The van der Waals surface area contributed by atoms with Crippen molar-refractivity contribution in [2.45, 2.75) is 45.1 Å². The first-order valence-electron chi connectivity index (χ1n) is 5.47. The molecule has 3 atom stereocenters. The van der Waals surface area contributed by atoms with Gasteiger partial charge in [0.1, 0.15) is 0 Å². The molecule has 2 rings (SSSR count). The highest BCUT2D eigenvalue weighted by Crippen LogP contribution is 2.57. The fourth-order valence-corrected chi connectivity index (χ4v) is 3.26. The molecule has 0 saturated heterocycles. The fraction of sp³-hybridized carbons (Fsp3) is 0.909. The van der Waals surface area contributed by atoms with Gasteiger partial charge in [0, 0.05) is 0 Å². The Balaban J connectivity index is 1.89. The van der Waals surface area contributed by atoms with E-state index in [1.807, 2.05) is 0 Å². The lowest BCUT2D eigenvalue weighted by atomic mass is 9.79. The fourth-order valence-electron chi connectivity index (χ4n) is 3.26. The van der Waals surface area contributed by atoms with Crippen LogP contribution in [0.4, 0.5) is 0 Å². The molecular weight excluding hydrogens is 180 g/mol. The Bertz CT molecular complexity index is 217. The van der Waals surface area contributed by atoms with E-state index in [1.165, 1.54) is 25.7 Å². The summed E-state index contributed by atoms with van der Waals surface area (Å²) in [6.07, 6.45) is 6.65. The molecule has 2 fully saturated rings. The Morgan fingerprint density at radius 2 is 2.43 bits per heavy atom. The van der Waals surface area contributed by atoms with Crippen molar-refractivity contribution in [1.29, 1.82) is 0 Å². The molecule has 2 saturated carbocycles. The van der Waals surface area contributed by atoms with Crippen molar-refractivity contribution >= 4 is 6.47 Å². The topological polar surface area (TPSA) is 35.5 Å². The van der Waals surface area contributed by atoms with Crippen LogP contribution in [0, 0.1) is 11.3 Å². The molecule has 0 amide bonds. The number of rotatable bonds is 5. The largest absolute Gasteiger partial charge is 0.441 e. The number of fused-ring (bicyclic) bond motifs is 2. The molecule has 0 aromatic carbocycles. The highest BCUT2D eigenvalue weighted by Gasteiger charge is 2.51. The van der Waals surface area contributed by atoms with Crippen molar-refractivity contribution < 1.29 is 14.3 Å². The minimum absolute atomic E-state index is 0.128. The number of hydrogen-bond acceptors (Lipinski definition) is 3. The van der Waals surface area contributed by atoms with Crippen LogP contribution in [0.1, 0.15) is 39.0 Å². The summed E-state index contributed by atoms with van der Waals surface area (Å²) in [4.78, 5) is 9.99. The molecule has 0 aromatic rings. The van der Waals surface area contributed by atoms with Gasteiger partial charge in [-0.1, -0.05) is 6.92 Å². The molecule has 0 radical (unpaired) electrons. The lowest BCUT2D eigenvalue weighted by Gasteiger charge is -2.33. The van der Waals surface area contributed by atoms with Crippen LogP contribution in [0.25, 0.3) is 0 Å². The van der Waals surface area contributed by atoms with Crippen LogP contribution >= 0.6 is 0 Å². The Labute approximate surface area is 84.8 Å². The molecule has 3 nitrogen and oxygen atoms in total. The van der Waals surface area contributed by atoms with Crippen LogP contribution in [0.3, 0.4) is 0 Å². The van der Waals surface area contributed by atoms with Crippen LogP contribution in [0.5, 0.6) is 0 Å². The maximum atomic E-state index is 9.99. The second-order valence-corrected chi connectivity index (χ2v) is 4.60. The summed E-state index contributed by atoms with van der Waals surface area (Å²) >= 11 is 0. The SMILES string of the molecule is CCC12CCC(CC1OCOC=O)C2. The molecule has 2 aliphatic carbocycles. The number of hydrogen-bond donors (Lipinski definition) is 0. The Morgan fingerprint density at radius 1 is 1.57 bits per heavy atom. The molecule has 0 aliphatic heterocycles. The Morgan fingerprint density at radius 3 is 3.07 bits per heavy atom. The zero-order valence-electron chi connectivity index (χ0n) is 8.70. The summed E-state index contributed by atoms with van der Waals surface area (Å²) in [5.74, 6) is 0.858. The molecule has 0 spiro atoms. The van der Waals surface area contributed by atoms with Crippen LogP contribution < -0.4 is 0 Å². The monoisotopic (exact) mass is 198 g/mol. The average molecular weight is 198 g/mol. The molecular formula is C11H18O3. The van der Waals surface area contributed by atoms with E-state index in [0.29, 0.717) is 18.0 Å². The lowest BCUT2D eigenvalue weighted by Crippen LogP contribution is -2.32. The maximum Gasteiger partial charge on any atom is 0.295 e. The first kappa shape index (κ1) is 9.97. The van der Waals surface area contributed by atoms with Gasteiger partial charge in [0.25, 0.3) is 6.47 Å². The van der Waals surface area contributed by atoms with Crippen LogP contribution in [-0.4, -0.2) is 19.4 Å². The van der Waals surface area contributed by atoms with Gasteiger partial charge in [0.2, 0.25) is 0 Å². The van der Waals surface area contributed by atoms with E-state index in [-0.39, 0.29) is 6.79 Å². The predicted octanol–water partition coefficient (Wildman–Crippen LogP) is 2.10. The first-order valence-corrected chi connectivity index (χ1v) is 5.47. The van der Waals surface area contributed by atoms with E-state index in [2.05, 4.69) is 11.7 Å². The molecule has 0 heterocycles. The normalized spacial score (nSPS) is 40.1. The van der Waals surface area contributed by atoms with E-state index >= 15 is 0 Å². The standard InChI is InChI=1S/C11H18O3/c1-2-11-4-3-9(6-11)5-10(11)14-8-13-7-12/h7,9-10H,2-6,8H2,1H3. The van der Waals surface area contributed by atoms with Gasteiger partial charge in [0.05, 0.1) is 6.10 Å². The van der Waals surface area contributed by atoms with E-state index < -0.39 is 0 Å². The predicted molar refractivity (Wildman–Crippen MR) is 51.6 cm³/mol. The van der Waals surface area contributed by atoms with Crippen molar-refractivity contribution in [3.05, 3.63) is 0 Å². The van der Waals surface area contributed by atoms with E-state index in [9.17, 15) is 4.79 Å². The summed E-state index contributed by atoms with van der Waals surface area (Å²) in [6.45, 7) is 2.82. The smallest absolute Gasteiger partial charge is 0.295 e. The minimum Gasteiger partial charge on any atom is -0.441 e. The van der Waals surface area contributed by atoms with Crippen molar-refractivity contribution in [3.63, 3.8) is 0 Å².